The smallest absolute Gasteiger partial charge is 0.312 e. The number of fused-ring (bicyclic) bond motifs is 1. The van der Waals surface area contributed by atoms with Crippen molar-refractivity contribution in [2.45, 2.75) is 18.8 Å². The summed E-state index contributed by atoms with van der Waals surface area (Å²) in [5.74, 6) is -1.58. The van der Waals surface area contributed by atoms with E-state index in [9.17, 15) is 14.7 Å². The van der Waals surface area contributed by atoms with Crippen molar-refractivity contribution in [2.24, 2.45) is 0 Å². The third-order valence-electron chi connectivity index (χ3n) is 3.65. The number of aliphatic carboxylic acids is 1. The predicted molar refractivity (Wildman–Crippen MR) is 79.6 cm³/mol. The lowest BCUT2D eigenvalue weighted by molar-refractivity contribution is -0.138. The predicted octanol–water partition coefficient (Wildman–Crippen LogP) is 2.29. The molecule has 0 saturated heterocycles. The third-order valence-corrected chi connectivity index (χ3v) is 4.28. The maximum Gasteiger partial charge on any atom is 0.312 e. The molecule has 3 rings (SSSR count). The van der Waals surface area contributed by atoms with Gasteiger partial charge in [-0.05, 0) is 18.1 Å². The standard InChI is InChI=1S/C15H14N2O3S/c18-14(6-5-10-8-21-9-16-10)17-7-12(15(19)20)11-3-1-2-4-13(11)17/h1-4,8-9,12H,5-7H2,(H,19,20)/t12-/m1/s1. The minimum Gasteiger partial charge on any atom is -0.481 e. The Kier molecular flexibility index (Phi) is 3.70. The Bertz CT molecular complexity index is 669. The van der Waals surface area contributed by atoms with Crippen molar-refractivity contribution in [1.82, 2.24) is 4.98 Å². The monoisotopic (exact) mass is 302 g/mol. The molecular weight excluding hydrogens is 288 g/mol. The first-order chi connectivity index (χ1) is 10.2. The van der Waals surface area contributed by atoms with Crippen LogP contribution in [0.2, 0.25) is 0 Å². The Morgan fingerprint density at radius 3 is 2.90 bits per heavy atom. The number of aromatic nitrogens is 1. The maximum absolute atomic E-state index is 12.4. The van der Waals surface area contributed by atoms with E-state index in [1.807, 2.05) is 11.4 Å². The molecule has 0 radical (unpaired) electrons. The molecule has 6 heteroatoms. The molecule has 0 bridgehead atoms. The number of aryl methyl sites for hydroxylation is 1. The lowest BCUT2D eigenvalue weighted by Gasteiger charge is -2.17. The van der Waals surface area contributed by atoms with Crippen molar-refractivity contribution in [2.75, 3.05) is 11.4 Å². The largest absolute Gasteiger partial charge is 0.481 e. The van der Waals surface area contributed by atoms with E-state index in [1.54, 1.807) is 28.6 Å². The first-order valence-corrected chi connectivity index (χ1v) is 7.60. The molecule has 2 aromatic rings. The number of thiazole rings is 1. The van der Waals surface area contributed by atoms with Crippen molar-refractivity contribution in [3.05, 3.63) is 46.4 Å². The van der Waals surface area contributed by atoms with Gasteiger partial charge in [-0.15, -0.1) is 11.3 Å². The van der Waals surface area contributed by atoms with E-state index < -0.39 is 11.9 Å². The molecule has 21 heavy (non-hydrogen) atoms. The zero-order chi connectivity index (χ0) is 14.8. The Labute approximate surface area is 125 Å². The number of benzene rings is 1. The number of carbonyl (C=O) groups excluding carboxylic acids is 1. The molecule has 0 spiro atoms. The fraction of sp³-hybridized carbons (Fsp3) is 0.267. The van der Waals surface area contributed by atoms with Gasteiger partial charge in [0.15, 0.2) is 0 Å². The maximum atomic E-state index is 12.4. The molecule has 108 valence electrons. The third kappa shape index (κ3) is 2.67. The van der Waals surface area contributed by atoms with Gasteiger partial charge in [0.25, 0.3) is 0 Å². The topological polar surface area (TPSA) is 70.5 Å². The number of hydrogen-bond acceptors (Lipinski definition) is 4. The summed E-state index contributed by atoms with van der Waals surface area (Å²) in [4.78, 5) is 29.5. The van der Waals surface area contributed by atoms with Crippen LogP contribution in [0.25, 0.3) is 0 Å². The molecule has 1 aliphatic rings. The van der Waals surface area contributed by atoms with Gasteiger partial charge in [-0.1, -0.05) is 18.2 Å². The number of para-hydroxylation sites is 1. The first kappa shape index (κ1) is 13.8. The molecule has 5 nitrogen and oxygen atoms in total. The van der Waals surface area contributed by atoms with Crippen LogP contribution in [0.1, 0.15) is 23.6 Å². The second-order valence-electron chi connectivity index (χ2n) is 4.93. The summed E-state index contributed by atoms with van der Waals surface area (Å²) in [6, 6.07) is 7.21. The van der Waals surface area contributed by atoms with Crippen LogP contribution in [0.5, 0.6) is 0 Å². The summed E-state index contributed by atoms with van der Waals surface area (Å²) in [5.41, 5.74) is 4.07. The number of nitrogens with zero attached hydrogens (tertiary/aromatic N) is 2. The number of carboxylic acids is 1. The fourth-order valence-electron chi connectivity index (χ4n) is 2.59. The second-order valence-corrected chi connectivity index (χ2v) is 5.65. The molecule has 1 N–H and O–H groups in total. The number of amides is 1. The second kappa shape index (κ2) is 5.65. The average molecular weight is 302 g/mol. The van der Waals surface area contributed by atoms with Crippen LogP contribution in [-0.2, 0) is 16.0 Å². The quantitative estimate of drug-likeness (QED) is 0.940. The van der Waals surface area contributed by atoms with Gasteiger partial charge < -0.3 is 10.0 Å². The van der Waals surface area contributed by atoms with Crippen LogP contribution >= 0.6 is 11.3 Å². The lowest BCUT2D eigenvalue weighted by atomic mass is 10.0. The van der Waals surface area contributed by atoms with Gasteiger partial charge in [-0.25, -0.2) is 4.98 Å². The van der Waals surface area contributed by atoms with E-state index in [0.29, 0.717) is 24.1 Å². The summed E-state index contributed by atoms with van der Waals surface area (Å²) in [7, 11) is 0. The zero-order valence-electron chi connectivity index (χ0n) is 11.2. The Balaban J connectivity index is 1.76. The Morgan fingerprint density at radius 2 is 2.19 bits per heavy atom. The SMILES string of the molecule is O=C(O)[C@@H]1CN(C(=O)CCc2cscn2)c2ccccc21. The lowest BCUT2D eigenvalue weighted by Crippen LogP contribution is -2.31. The van der Waals surface area contributed by atoms with Crippen molar-refractivity contribution < 1.29 is 14.7 Å². The van der Waals surface area contributed by atoms with Crippen LogP contribution < -0.4 is 4.90 Å². The van der Waals surface area contributed by atoms with Crippen LogP contribution in [0.15, 0.2) is 35.2 Å². The van der Waals surface area contributed by atoms with E-state index in [1.165, 1.54) is 11.3 Å². The molecule has 1 aliphatic heterocycles. The van der Waals surface area contributed by atoms with Gasteiger partial charge in [-0.2, -0.15) is 0 Å². The average Bonchev–Trinajstić information content (AvgIpc) is 3.12. The van der Waals surface area contributed by atoms with E-state index in [4.69, 9.17) is 0 Å². The summed E-state index contributed by atoms with van der Waals surface area (Å²) < 4.78 is 0. The summed E-state index contributed by atoms with van der Waals surface area (Å²) in [6.07, 6.45) is 0.920. The summed E-state index contributed by atoms with van der Waals surface area (Å²) >= 11 is 1.50. The first-order valence-electron chi connectivity index (χ1n) is 6.66. The van der Waals surface area contributed by atoms with Gasteiger partial charge in [0.2, 0.25) is 5.91 Å². The highest BCUT2D eigenvalue weighted by Gasteiger charge is 2.35. The Hall–Kier alpha value is -2.21. The Morgan fingerprint density at radius 1 is 1.38 bits per heavy atom. The molecule has 1 amide bonds. The van der Waals surface area contributed by atoms with Gasteiger partial charge in [-0.3, -0.25) is 9.59 Å². The van der Waals surface area contributed by atoms with Crippen LogP contribution in [-0.4, -0.2) is 28.5 Å². The van der Waals surface area contributed by atoms with Crippen molar-refractivity contribution >= 4 is 28.9 Å². The van der Waals surface area contributed by atoms with Crippen molar-refractivity contribution in [3.63, 3.8) is 0 Å². The summed E-state index contributed by atoms with van der Waals surface area (Å²) in [6.45, 7) is 0.213. The minimum absolute atomic E-state index is 0.0563. The normalized spacial score (nSPS) is 16.8. The molecule has 0 fully saturated rings. The van der Waals surface area contributed by atoms with Crippen molar-refractivity contribution in [3.8, 4) is 0 Å². The molecule has 2 heterocycles. The molecule has 0 saturated carbocycles. The highest BCUT2D eigenvalue weighted by Crippen LogP contribution is 2.36. The van der Waals surface area contributed by atoms with Gasteiger partial charge in [0.05, 0.1) is 11.2 Å². The summed E-state index contributed by atoms with van der Waals surface area (Å²) in [5, 5.41) is 11.2. The molecule has 1 aromatic carbocycles. The van der Waals surface area contributed by atoms with Crippen LogP contribution in [0, 0.1) is 0 Å². The molecule has 0 aliphatic carbocycles. The van der Waals surface area contributed by atoms with E-state index in [-0.39, 0.29) is 12.5 Å². The molecule has 0 unspecified atom stereocenters. The molecule has 1 aromatic heterocycles. The fourth-order valence-corrected chi connectivity index (χ4v) is 3.18. The number of rotatable bonds is 4. The van der Waals surface area contributed by atoms with E-state index >= 15 is 0 Å². The van der Waals surface area contributed by atoms with Gasteiger partial charge >= 0.3 is 5.97 Å². The molecular formula is C15H14N2O3S. The zero-order valence-corrected chi connectivity index (χ0v) is 12.0. The van der Waals surface area contributed by atoms with Crippen LogP contribution in [0.4, 0.5) is 5.69 Å². The van der Waals surface area contributed by atoms with Gasteiger partial charge in [0, 0.05) is 24.0 Å². The highest BCUT2D eigenvalue weighted by atomic mass is 32.1. The number of anilines is 1. The number of carbonyl (C=O) groups is 2. The van der Waals surface area contributed by atoms with Crippen molar-refractivity contribution in [1.29, 1.82) is 0 Å². The highest BCUT2D eigenvalue weighted by molar-refractivity contribution is 7.07. The number of hydrogen-bond donors (Lipinski definition) is 1. The van der Waals surface area contributed by atoms with E-state index in [2.05, 4.69) is 4.98 Å². The van der Waals surface area contributed by atoms with Crippen LogP contribution in [0.3, 0.4) is 0 Å². The molecule has 1 atom stereocenters. The minimum atomic E-state index is -0.891. The van der Waals surface area contributed by atoms with Gasteiger partial charge in [0.1, 0.15) is 5.92 Å². The number of carboxylic acid groups (broad SMARTS) is 1. The van der Waals surface area contributed by atoms with E-state index in [0.717, 1.165) is 5.69 Å².